The molecule has 0 aliphatic rings. The van der Waals surface area contributed by atoms with Crippen molar-refractivity contribution in [3.05, 3.63) is 146 Å². The van der Waals surface area contributed by atoms with E-state index < -0.39 is 97.5 Å². The first kappa shape index (κ1) is 101. The topological polar surface area (TPSA) is 237 Å². The van der Waals surface area contributed by atoms with E-state index in [1.807, 2.05) is 36.5 Å². The lowest BCUT2D eigenvalue weighted by Gasteiger charge is -2.21. The van der Waals surface area contributed by atoms with Crippen LogP contribution < -0.4 is 0 Å². The number of phosphoric acid groups is 2. The Kier molecular flexibility index (Phi) is 74.3. The Bertz CT molecular complexity index is 2580. The Hall–Kier alpha value is -5.06. The minimum atomic E-state index is -5.02. The number of carbonyl (C=O) groups excluding carboxylic acids is 4. The number of hydrogen-bond acceptors (Lipinski definition) is 15. The van der Waals surface area contributed by atoms with Gasteiger partial charge >= 0.3 is 39.5 Å². The second-order valence-electron chi connectivity index (χ2n) is 27.0. The van der Waals surface area contributed by atoms with Gasteiger partial charge in [0.2, 0.25) is 0 Å². The zero-order valence-electron chi connectivity index (χ0n) is 66.3. The van der Waals surface area contributed by atoms with Gasteiger partial charge in [0.05, 0.1) is 26.4 Å². The number of rotatable bonds is 76. The lowest BCUT2D eigenvalue weighted by molar-refractivity contribution is -0.161. The van der Waals surface area contributed by atoms with Crippen molar-refractivity contribution in [1.29, 1.82) is 0 Å². The smallest absolute Gasteiger partial charge is 0.462 e. The monoisotopic (exact) mass is 1530 g/mol. The summed E-state index contributed by atoms with van der Waals surface area (Å²) in [6.45, 7) is 4.51. The highest BCUT2D eigenvalue weighted by Crippen LogP contribution is 2.45. The number of ether oxygens (including phenoxy) is 4. The molecule has 0 saturated heterocycles. The van der Waals surface area contributed by atoms with Gasteiger partial charge < -0.3 is 33.8 Å². The first-order valence-corrected chi connectivity index (χ1v) is 44.1. The largest absolute Gasteiger partial charge is 0.472 e. The lowest BCUT2D eigenvalue weighted by atomic mass is 10.0. The lowest BCUT2D eigenvalue weighted by Crippen LogP contribution is -2.30. The number of allylic oxidation sites excluding steroid dienone is 24. The maximum absolute atomic E-state index is 13.1. The van der Waals surface area contributed by atoms with Gasteiger partial charge in [-0.25, -0.2) is 9.13 Å². The fraction of sp³-hybridized carbons (Fsp3) is 0.678. The molecule has 0 heterocycles. The van der Waals surface area contributed by atoms with E-state index in [1.54, 1.807) is 0 Å². The predicted octanol–water partition coefficient (Wildman–Crippen LogP) is 24.2. The minimum absolute atomic E-state index is 0.0163. The van der Waals surface area contributed by atoms with Crippen LogP contribution in [0.1, 0.15) is 323 Å². The number of phosphoric ester groups is 2. The fourth-order valence-electron chi connectivity index (χ4n) is 10.7. The van der Waals surface area contributed by atoms with E-state index >= 15 is 0 Å². The number of unbranched alkanes of at least 4 members (excludes halogenated alkanes) is 26. The molecule has 0 aromatic heterocycles. The minimum Gasteiger partial charge on any atom is -0.462 e. The van der Waals surface area contributed by atoms with E-state index in [1.165, 1.54) is 122 Å². The predicted molar refractivity (Wildman–Crippen MR) is 436 cm³/mol. The highest BCUT2D eigenvalue weighted by molar-refractivity contribution is 7.47. The van der Waals surface area contributed by atoms with E-state index in [4.69, 9.17) is 37.0 Å². The van der Waals surface area contributed by atoms with Crippen LogP contribution in [0.15, 0.2) is 146 Å². The maximum atomic E-state index is 13.1. The third-order valence-corrected chi connectivity index (χ3v) is 18.8. The molecule has 106 heavy (non-hydrogen) atoms. The van der Waals surface area contributed by atoms with Gasteiger partial charge in [-0.15, -0.1) is 0 Å². The van der Waals surface area contributed by atoms with Crippen LogP contribution in [0.3, 0.4) is 0 Å². The molecule has 3 N–H and O–H groups in total. The molecule has 0 aliphatic heterocycles. The number of esters is 4. The Morgan fingerprint density at radius 1 is 0.274 bits per heavy atom. The van der Waals surface area contributed by atoms with Crippen LogP contribution in [0, 0.1) is 0 Å². The summed E-state index contributed by atoms with van der Waals surface area (Å²) in [5.41, 5.74) is 0. The van der Waals surface area contributed by atoms with Crippen LogP contribution >= 0.6 is 15.6 Å². The second kappa shape index (κ2) is 78.1. The van der Waals surface area contributed by atoms with Crippen molar-refractivity contribution in [1.82, 2.24) is 0 Å². The number of aliphatic hydroxyl groups excluding tert-OH is 1. The van der Waals surface area contributed by atoms with E-state index in [-0.39, 0.29) is 25.7 Å². The normalized spacial score (nSPS) is 14.6. The summed E-state index contributed by atoms with van der Waals surface area (Å²) in [5, 5.41) is 10.6. The maximum Gasteiger partial charge on any atom is 0.472 e. The summed E-state index contributed by atoms with van der Waals surface area (Å²) in [5.74, 6) is -2.36. The van der Waals surface area contributed by atoms with Crippen molar-refractivity contribution in [3.63, 3.8) is 0 Å². The fourth-order valence-corrected chi connectivity index (χ4v) is 12.3. The SMILES string of the molecule is CC/C=C\C/C=C\C/C=C\C/C=C\C/C=C\C/C=C\CCC(=O)OC[C@H](COP(=O)(O)OC[C@@H](O)COP(=O)(O)OC[C@@H](COC(=O)CCCCCCCCCCCCCCCCC)OC(=O)CCCCCCCCCCCCCCC)OC(=O)CC/C=C\C/C=C\C/C=C\C/C=C\C/C=C\C/C=C\CC. The Balaban J connectivity index is 5.49. The third-order valence-electron chi connectivity index (χ3n) is 16.9. The molecule has 0 aromatic carbocycles. The molecule has 17 nitrogen and oxygen atoms in total. The summed E-state index contributed by atoms with van der Waals surface area (Å²) >= 11 is 0. The molecule has 0 spiro atoms. The molecule has 0 amide bonds. The number of aliphatic hydroxyl groups is 1. The zero-order chi connectivity index (χ0) is 77.4. The van der Waals surface area contributed by atoms with Crippen molar-refractivity contribution in [3.8, 4) is 0 Å². The van der Waals surface area contributed by atoms with Crippen LogP contribution in [0.4, 0.5) is 0 Å². The molecular weight excluding hydrogens is 1380 g/mol. The molecule has 2 unspecified atom stereocenters. The van der Waals surface area contributed by atoms with Crippen LogP contribution in [0.5, 0.6) is 0 Å². The standard InChI is InChI=1S/C87H146O17P2/c1-5-9-13-17-21-25-29-33-36-38-40-42-45-49-52-56-60-64-68-72-85(90)98-78-83(104-87(92)74-70-66-62-58-54-50-46-43-41-39-37-34-30-26-22-18-14-10-6-2)80-102-106(95,96)100-76-81(88)75-99-105(93,94)101-79-82(103-86(91)73-69-65-61-57-53-47-32-28-24-20-16-12-8-4)77-97-84(89)71-67-63-59-55-51-48-44-35-31-27-23-19-15-11-7-3/h9-10,13-14,21-22,25-26,33-34,36-37,40-43,49-50,52,54,60,62,64,66,81-83,88H,5-8,11-12,15-20,23-24,27-32,35,38-39,44-48,51,53,55-59,61,63,65,67-80H2,1-4H3,(H,93,94)(H,95,96)/b13-9-,14-10-,25-21-,26-22-,36-33-,37-34-,42-40-,43-41-,52-49-,54-50-,64-60-,66-62-/t81-,82+,83+/m0/s1. The summed E-state index contributed by atoms with van der Waals surface area (Å²) in [4.78, 5) is 73.0. The molecule has 5 atom stereocenters. The van der Waals surface area contributed by atoms with Gasteiger partial charge in [0.25, 0.3) is 0 Å². The Labute approximate surface area is 643 Å². The van der Waals surface area contributed by atoms with Gasteiger partial charge in [0, 0.05) is 25.7 Å². The van der Waals surface area contributed by atoms with Crippen LogP contribution in [0.2, 0.25) is 0 Å². The van der Waals surface area contributed by atoms with Gasteiger partial charge in [-0.2, -0.15) is 0 Å². The van der Waals surface area contributed by atoms with Crippen LogP contribution in [0.25, 0.3) is 0 Å². The summed E-state index contributed by atoms with van der Waals surface area (Å²) < 4.78 is 68.5. The molecule has 0 fully saturated rings. The van der Waals surface area contributed by atoms with E-state index in [9.17, 15) is 43.2 Å². The molecular formula is C87H146O17P2. The van der Waals surface area contributed by atoms with Crippen molar-refractivity contribution in [2.45, 2.75) is 341 Å². The Morgan fingerprint density at radius 2 is 0.491 bits per heavy atom. The van der Waals surface area contributed by atoms with Gasteiger partial charge in [-0.3, -0.25) is 37.3 Å². The summed E-state index contributed by atoms with van der Waals surface area (Å²) in [6.07, 6.45) is 90.0. The van der Waals surface area contributed by atoms with Crippen molar-refractivity contribution in [2.75, 3.05) is 39.6 Å². The van der Waals surface area contributed by atoms with Gasteiger partial charge in [0.15, 0.2) is 12.2 Å². The average Bonchev–Trinajstić information content (AvgIpc) is 0.903. The van der Waals surface area contributed by atoms with Gasteiger partial charge in [0.1, 0.15) is 19.3 Å². The highest BCUT2D eigenvalue weighted by Gasteiger charge is 2.30. The Morgan fingerprint density at radius 3 is 0.774 bits per heavy atom. The first-order chi connectivity index (χ1) is 51.7. The molecule has 0 bridgehead atoms. The van der Waals surface area contributed by atoms with Crippen molar-refractivity contribution < 1.29 is 80.2 Å². The van der Waals surface area contributed by atoms with Crippen LogP contribution in [-0.2, 0) is 65.4 Å². The van der Waals surface area contributed by atoms with E-state index in [0.29, 0.717) is 38.5 Å². The van der Waals surface area contributed by atoms with Crippen molar-refractivity contribution >= 4 is 39.5 Å². The first-order valence-electron chi connectivity index (χ1n) is 41.1. The number of hydrogen-bond donors (Lipinski definition) is 3. The third kappa shape index (κ3) is 77.1. The second-order valence-corrected chi connectivity index (χ2v) is 29.9. The van der Waals surface area contributed by atoms with Gasteiger partial charge in [-0.05, 0) is 103 Å². The van der Waals surface area contributed by atoms with Crippen molar-refractivity contribution in [2.24, 2.45) is 0 Å². The molecule has 606 valence electrons. The molecule has 0 aromatic rings. The van der Waals surface area contributed by atoms with Crippen LogP contribution in [-0.4, -0.2) is 96.7 Å². The number of carbonyl (C=O) groups is 4. The molecule has 0 radical (unpaired) electrons. The average molecular weight is 1530 g/mol. The van der Waals surface area contributed by atoms with E-state index in [2.05, 4.69) is 137 Å². The van der Waals surface area contributed by atoms with Gasteiger partial charge in [-0.1, -0.05) is 340 Å². The molecule has 0 aliphatic carbocycles. The summed E-state index contributed by atoms with van der Waals surface area (Å²) in [7, 11) is -10.0. The zero-order valence-corrected chi connectivity index (χ0v) is 68.1. The molecule has 19 heteroatoms. The van der Waals surface area contributed by atoms with E-state index in [0.717, 1.165) is 109 Å². The molecule has 0 saturated carbocycles. The highest BCUT2D eigenvalue weighted by atomic mass is 31.2. The molecule has 0 rings (SSSR count). The quantitative estimate of drug-likeness (QED) is 0.0169. The summed E-state index contributed by atoms with van der Waals surface area (Å²) in [6, 6.07) is 0.